The molecule has 6 aromatic heterocycles. The molecule has 6 heterocycles. The summed E-state index contributed by atoms with van der Waals surface area (Å²) < 4.78 is 27.8. The van der Waals surface area contributed by atoms with Crippen LogP contribution in [0.2, 0.25) is 0 Å². The van der Waals surface area contributed by atoms with Gasteiger partial charge in [-0.2, -0.15) is 15.0 Å². The Morgan fingerprint density at radius 2 is 1.04 bits per heavy atom. The van der Waals surface area contributed by atoms with Crippen molar-refractivity contribution in [3.05, 3.63) is 198 Å². The normalized spacial score (nSPS) is 11.1. The van der Waals surface area contributed by atoms with Crippen LogP contribution in [0.1, 0.15) is 29.2 Å². The summed E-state index contributed by atoms with van der Waals surface area (Å²) in [7, 11) is 0. The molecule has 0 spiro atoms. The van der Waals surface area contributed by atoms with Gasteiger partial charge in [0.25, 0.3) is 17.7 Å². The Kier molecular flexibility index (Phi) is 15.7. The van der Waals surface area contributed by atoms with Crippen LogP contribution in [0.25, 0.3) is 111 Å². The van der Waals surface area contributed by atoms with E-state index in [-0.39, 0.29) is 6.61 Å². The maximum atomic E-state index is 9.00. The summed E-state index contributed by atoms with van der Waals surface area (Å²) in [4.78, 5) is 25.6. The van der Waals surface area contributed by atoms with Crippen molar-refractivity contribution in [3.63, 3.8) is 0 Å². The van der Waals surface area contributed by atoms with Gasteiger partial charge in [-0.25, -0.2) is 4.98 Å². The van der Waals surface area contributed by atoms with E-state index >= 15 is 0 Å². The summed E-state index contributed by atoms with van der Waals surface area (Å²) in [5.74, 6) is 4.54. The van der Waals surface area contributed by atoms with Crippen molar-refractivity contribution in [2.45, 2.75) is 34.1 Å². The number of aliphatic hydroxyl groups excluding tert-OH is 1. The second-order valence-corrected chi connectivity index (χ2v) is 20.5. The Labute approximate surface area is 463 Å². The fourth-order valence-electron chi connectivity index (χ4n) is 9.01. The van der Waals surface area contributed by atoms with Crippen LogP contribution in [0.5, 0.6) is 11.5 Å². The van der Waals surface area contributed by atoms with Crippen molar-refractivity contribution in [1.29, 1.82) is 0 Å². The topological polar surface area (TPSA) is 184 Å². The number of fused-ring (bicyclic) bond motifs is 2. The van der Waals surface area contributed by atoms with E-state index in [0.29, 0.717) is 66.3 Å². The summed E-state index contributed by atoms with van der Waals surface area (Å²) in [6, 6.07) is 58.5. The summed E-state index contributed by atoms with van der Waals surface area (Å²) in [5, 5.41) is 23.8. The Bertz CT molecular complexity index is 4120. The van der Waals surface area contributed by atoms with Crippen LogP contribution in [0, 0.1) is 13.8 Å². The highest BCUT2D eigenvalue weighted by Crippen LogP contribution is 2.39. The van der Waals surface area contributed by atoms with Gasteiger partial charge in [-0.3, -0.25) is 0 Å². The molecule has 16 heteroatoms. The van der Waals surface area contributed by atoms with Crippen LogP contribution in [-0.4, -0.2) is 65.3 Å². The lowest BCUT2D eigenvalue weighted by Crippen LogP contribution is -1.98. The molecule has 0 fully saturated rings. The fraction of sp³-hybridized carbons (Fsp3) is 0.127. The first-order chi connectivity index (χ1) is 38.8. The molecule has 79 heavy (non-hydrogen) atoms. The van der Waals surface area contributed by atoms with Gasteiger partial charge in [0.2, 0.25) is 17.5 Å². The zero-order chi connectivity index (χ0) is 54.1. The highest BCUT2D eigenvalue weighted by molar-refractivity contribution is 7.16. The van der Waals surface area contributed by atoms with Crippen LogP contribution in [-0.2, 0) is 6.42 Å². The van der Waals surface area contributed by atoms with Crippen LogP contribution in [0.3, 0.4) is 0 Å². The Morgan fingerprint density at radius 1 is 0.494 bits per heavy atom. The number of hydrogen-bond acceptors (Lipinski definition) is 15. The van der Waals surface area contributed by atoms with E-state index in [2.05, 4.69) is 121 Å². The number of para-hydroxylation sites is 1. The summed E-state index contributed by atoms with van der Waals surface area (Å²) >= 11 is 3.33. The molecule has 0 aliphatic heterocycles. The molecule has 0 bridgehead atoms. The molecular formula is C63H52N8O6S2. The molecule has 0 unspecified atom stereocenters. The number of rotatable bonds is 14. The molecule has 0 aliphatic carbocycles. The van der Waals surface area contributed by atoms with Gasteiger partial charge in [0.05, 0.1) is 45.9 Å². The highest BCUT2D eigenvalue weighted by Gasteiger charge is 2.20. The van der Waals surface area contributed by atoms with E-state index < -0.39 is 0 Å². The molecule has 13 rings (SSSR count). The standard InChI is InChI=1S/C23H16N2OS.C21H18N2O2S.C19H18N4O3/c1-15-20(17-8-3-2-4-9-17)14-21(27-15)23-24-22(25-26-23)19-13-7-11-16-10-5-6-12-18(16)19;1-14-18(16-5-3-2-4-6-16)13-19(26-14)21-22-20(23-25-21)17-9-7-15(8-10-17)11-12-24;1-3-24-15-9-8-12(10-16(15)25-4-2)19-22-18(23-26-19)13-6-5-7-14-17(13)21-11-20-14/h2-14H,1H3;2-10,13,24H,11-12H2,1H3;5-11H,3-4H2,1-2H3,(H,20,21). The summed E-state index contributed by atoms with van der Waals surface area (Å²) in [5.41, 5.74) is 11.1. The predicted octanol–water partition coefficient (Wildman–Crippen LogP) is 15.6. The third kappa shape index (κ3) is 11.5. The highest BCUT2D eigenvalue weighted by atomic mass is 32.1. The fourth-order valence-corrected chi connectivity index (χ4v) is 10.9. The summed E-state index contributed by atoms with van der Waals surface area (Å²) in [6.07, 6.45) is 2.30. The lowest BCUT2D eigenvalue weighted by atomic mass is 10.0. The molecule has 7 aromatic carbocycles. The maximum absolute atomic E-state index is 9.00. The molecule has 392 valence electrons. The van der Waals surface area contributed by atoms with Gasteiger partial charge in [0.1, 0.15) is 0 Å². The lowest BCUT2D eigenvalue weighted by molar-refractivity contribution is 0.288. The van der Waals surface area contributed by atoms with E-state index in [0.717, 1.165) is 54.0 Å². The molecule has 0 amide bonds. The Hall–Kier alpha value is -9.35. The van der Waals surface area contributed by atoms with Crippen molar-refractivity contribution < 1.29 is 28.1 Å². The Morgan fingerprint density at radius 3 is 1.71 bits per heavy atom. The second kappa shape index (κ2) is 23.9. The maximum Gasteiger partial charge on any atom is 0.268 e. The number of thiophene rings is 2. The van der Waals surface area contributed by atoms with Gasteiger partial charge in [0.15, 0.2) is 11.5 Å². The molecule has 0 radical (unpaired) electrons. The van der Waals surface area contributed by atoms with Gasteiger partial charge in [0, 0.05) is 33.1 Å². The number of aryl methyl sites for hydroxylation is 2. The number of ether oxygens (including phenoxy) is 2. The van der Waals surface area contributed by atoms with E-state index in [4.69, 9.17) is 28.1 Å². The third-order valence-electron chi connectivity index (χ3n) is 12.8. The number of H-pyrrole nitrogens is 1. The SMILES string of the molecule is CCOc1ccc(-c2nc(-c3cccc4[nH]cnc34)no2)cc1OCC.Cc1sc(-c2nc(-c3ccc(CCO)cc3)no2)cc1-c1ccccc1.Cc1sc(-c2nc(-c3cccc4ccccc34)no2)cc1-c1ccccc1. The number of benzene rings is 7. The van der Waals surface area contributed by atoms with Gasteiger partial charge in [-0.05, 0) is 115 Å². The van der Waals surface area contributed by atoms with Gasteiger partial charge < -0.3 is 33.1 Å². The zero-order valence-corrected chi connectivity index (χ0v) is 45.2. The van der Waals surface area contributed by atoms with Crippen molar-refractivity contribution in [2.75, 3.05) is 19.8 Å². The molecule has 13 aromatic rings. The van der Waals surface area contributed by atoms with Crippen LogP contribution in [0.15, 0.2) is 196 Å². The van der Waals surface area contributed by atoms with Gasteiger partial charge in [-0.1, -0.05) is 149 Å². The third-order valence-corrected chi connectivity index (χ3v) is 14.9. The number of aliphatic hydroxyl groups is 1. The number of hydrogen-bond donors (Lipinski definition) is 2. The van der Waals surface area contributed by atoms with Crippen LogP contribution < -0.4 is 9.47 Å². The average Bonchev–Trinajstić information content (AvgIpc) is 4.41. The molecular weight excluding hydrogens is 1030 g/mol. The minimum atomic E-state index is 0.146. The van der Waals surface area contributed by atoms with Crippen molar-refractivity contribution >= 4 is 44.5 Å². The number of aromatic amines is 1. The smallest absolute Gasteiger partial charge is 0.268 e. The van der Waals surface area contributed by atoms with Crippen molar-refractivity contribution in [3.8, 4) is 101 Å². The second-order valence-electron chi connectivity index (χ2n) is 18.0. The molecule has 0 saturated heterocycles. The van der Waals surface area contributed by atoms with Gasteiger partial charge in [-0.15, -0.1) is 22.7 Å². The van der Waals surface area contributed by atoms with Gasteiger partial charge >= 0.3 is 0 Å². The number of nitrogens with one attached hydrogen (secondary N) is 1. The molecule has 0 aliphatic rings. The number of imidazole rings is 1. The lowest BCUT2D eigenvalue weighted by Gasteiger charge is -2.11. The zero-order valence-electron chi connectivity index (χ0n) is 43.6. The van der Waals surface area contributed by atoms with E-state index in [1.54, 1.807) is 29.0 Å². The minimum absolute atomic E-state index is 0.146. The molecule has 0 atom stereocenters. The summed E-state index contributed by atoms with van der Waals surface area (Å²) in [6.45, 7) is 9.35. The van der Waals surface area contributed by atoms with Crippen LogP contribution in [0.4, 0.5) is 0 Å². The van der Waals surface area contributed by atoms with Crippen molar-refractivity contribution in [1.82, 2.24) is 40.4 Å². The first-order valence-electron chi connectivity index (χ1n) is 25.7. The molecule has 2 N–H and O–H groups in total. The van der Waals surface area contributed by atoms with E-state index in [1.807, 2.05) is 123 Å². The predicted molar refractivity (Wildman–Crippen MR) is 312 cm³/mol. The van der Waals surface area contributed by atoms with Crippen LogP contribution >= 0.6 is 22.7 Å². The van der Waals surface area contributed by atoms with E-state index in [1.165, 1.54) is 37.4 Å². The number of aromatic nitrogens is 8. The number of nitrogens with zero attached hydrogens (tertiary/aromatic N) is 7. The Balaban J connectivity index is 0.000000125. The molecule has 14 nitrogen and oxygen atoms in total. The quantitative estimate of drug-likeness (QED) is 0.105. The van der Waals surface area contributed by atoms with E-state index in [9.17, 15) is 0 Å². The first-order valence-corrected chi connectivity index (χ1v) is 27.3. The largest absolute Gasteiger partial charge is 0.490 e. The van der Waals surface area contributed by atoms with Crippen molar-refractivity contribution in [2.24, 2.45) is 0 Å². The minimum Gasteiger partial charge on any atom is -0.490 e. The first kappa shape index (κ1) is 51.7. The average molecular weight is 1080 g/mol. The monoisotopic (exact) mass is 1080 g/mol. The molecule has 0 saturated carbocycles.